The van der Waals surface area contributed by atoms with Gasteiger partial charge in [0, 0.05) is 5.75 Å². The Balaban J connectivity index is 0.00000324. The topological polar surface area (TPSA) is 17.1 Å². The summed E-state index contributed by atoms with van der Waals surface area (Å²) in [6.45, 7) is 4.37. The molecular formula is C30H30ClOPS. The molecule has 0 N–H and O–H groups in total. The highest BCUT2D eigenvalue weighted by molar-refractivity contribution is 8.15. The average Bonchev–Trinajstić information content (AvgIpc) is 2.90. The van der Waals surface area contributed by atoms with Gasteiger partial charge in [0.2, 0.25) is 5.12 Å². The first-order valence-corrected chi connectivity index (χ1v) is 14.2. The first-order chi connectivity index (χ1) is 16.1. The molecule has 0 aliphatic rings. The van der Waals surface area contributed by atoms with Crippen LogP contribution in [0.5, 0.6) is 0 Å². The zero-order chi connectivity index (χ0) is 23.2. The van der Waals surface area contributed by atoms with E-state index < -0.39 is 12.4 Å². The van der Waals surface area contributed by atoms with Crippen LogP contribution in [0.25, 0.3) is 0 Å². The number of halogens is 1. The maximum atomic E-state index is 14.2. The number of hydrogen-bond acceptors (Lipinski definition) is 2. The summed E-state index contributed by atoms with van der Waals surface area (Å²) in [5.74, 6) is 0.688. The Hall–Kier alpha value is -2.38. The zero-order valence-electron chi connectivity index (χ0n) is 19.6. The van der Waals surface area contributed by atoms with Crippen molar-refractivity contribution < 1.29 is 17.2 Å². The molecule has 0 aliphatic heterocycles. The third-order valence-electron chi connectivity index (χ3n) is 6.51. The van der Waals surface area contributed by atoms with E-state index in [1.165, 1.54) is 33.2 Å². The minimum atomic E-state index is -2.32. The second-order valence-corrected chi connectivity index (χ2v) is 13.2. The van der Waals surface area contributed by atoms with Gasteiger partial charge in [0.15, 0.2) is 5.16 Å². The number of benzene rings is 4. The summed E-state index contributed by atoms with van der Waals surface area (Å²) in [4.78, 5) is 14.2. The Morgan fingerprint density at radius 3 is 1.38 bits per heavy atom. The summed E-state index contributed by atoms with van der Waals surface area (Å²) >= 11 is 1.46. The van der Waals surface area contributed by atoms with Crippen LogP contribution in [-0.4, -0.2) is 10.3 Å². The van der Waals surface area contributed by atoms with Crippen LogP contribution in [0.15, 0.2) is 121 Å². The van der Waals surface area contributed by atoms with Crippen molar-refractivity contribution in [1.82, 2.24) is 0 Å². The van der Waals surface area contributed by atoms with Crippen molar-refractivity contribution in [2.24, 2.45) is 0 Å². The molecule has 0 bridgehead atoms. The molecule has 4 aromatic carbocycles. The van der Waals surface area contributed by atoms with E-state index in [0.29, 0.717) is 5.75 Å². The Kier molecular flexibility index (Phi) is 9.14. The van der Waals surface area contributed by atoms with Crippen LogP contribution in [0.1, 0.15) is 25.8 Å². The summed E-state index contributed by atoms with van der Waals surface area (Å²) in [6, 6.07) is 42.4. The van der Waals surface area contributed by atoms with Gasteiger partial charge in [-0.25, -0.2) is 0 Å². The third-order valence-corrected chi connectivity index (χ3v) is 13.1. The summed E-state index contributed by atoms with van der Waals surface area (Å²) in [6.07, 6.45) is 0.764. The van der Waals surface area contributed by atoms with E-state index in [1.807, 2.05) is 18.2 Å². The molecule has 0 aromatic heterocycles. The summed E-state index contributed by atoms with van der Waals surface area (Å²) in [5.41, 5.74) is 1.18. The number of rotatable bonds is 8. The van der Waals surface area contributed by atoms with Gasteiger partial charge < -0.3 is 12.4 Å². The molecule has 4 heteroatoms. The van der Waals surface area contributed by atoms with E-state index in [2.05, 4.69) is 117 Å². The molecule has 0 amide bonds. The molecule has 0 aliphatic carbocycles. The molecule has 34 heavy (non-hydrogen) atoms. The Bertz CT molecular complexity index is 1070. The number of carbonyl (C=O) groups excluding carboxylic acids is 1. The number of carbonyl (C=O) groups is 1. The first-order valence-electron chi connectivity index (χ1n) is 11.4. The molecule has 1 nitrogen and oxygen atoms in total. The smallest absolute Gasteiger partial charge is 0.233 e. The number of thioether (sulfide) groups is 1. The minimum Gasteiger partial charge on any atom is -1.00 e. The van der Waals surface area contributed by atoms with Gasteiger partial charge in [-0.05, 0) is 55.3 Å². The lowest BCUT2D eigenvalue weighted by atomic mass is 10.1. The van der Waals surface area contributed by atoms with Crippen LogP contribution in [0.3, 0.4) is 0 Å². The van der Waals surface area contributed by atoms with Gasteiger partial charge >= 0.3 is 0 Å². The largest absolute Gasteiger partial charge is 1.00 e. The van der Waals surface area contributed by atoms with Gasteiger partial charge in [0.1, 0.15) is 23.2 Å². The van der Waals surface area contributed by atoms with Gasteiger partial charge in [-0.1, -0.05) is 104 Å². The molecule has 1 unspecified atom stereocenters. The first kappa shape index (κ1) is 26.2. The van der Waals surface area contributed by atoms with Crippen LogP contribution in [-0.2, 0) is 10.5 Å². The highest BCUT2D eigenvalue weighted by atomic mass is 35.5. The third kappa shape index (κ3) is 4.86. The molecule has 0 heterocycles. The zero-order valence-corrected chi connectivity index (χ0v) is 22.1. The second-order valence-electron chi connectivity index (χ2n) is 8.37. The van der Waals surface area contributed by atoms with Gasteiger partial charge in [0.05, 0.1) is 0 Å². The van der Waals surface area contributed by atoms with E-state index in [1.54, 1.807) is 0 Å². The van der Waals surface area contributed by atoms with Crippen LogP contribution in [0.4, 0.5) is 0 Å². The predicted octanol–water partition coefficient (Wildman–Crippen LogP) is 3.61. The van der Waals surface area contributed by atoms with Crippen LogP contribution >= 0.6 is 19.0 Å². The quantitative estimate of drug-likeness (QED) is 0.341. The maximum Gasteiger partial charge on any atom is 0.233 e. The Labute approximate surface area is 214 Å². The fourth-order valence-electron chi connectivity index (χ4n) is 4.65. The Morgan fingerprint density at radius 2 is 1.03 bits per heavy atom. The van der Waals surface area contributed by atoms with Crippen molar-refractivity contribution in [3.05, 3.63) is 127 Å². The fourth-order valence-corrected chi connectivity index (χ4v) is 11.4. The van der Waals surface area contributed by atoms with Crippen molar-refractivity contribution in [3.63, 3.8) is 0 Å². The van der Waals surface area contributed by atoms with Crippen molar-refractivity contribution in [2.45, 2.75) is 31.2 Å². The van der Waals surface area contributed by atoms with Gasteiger partial charge in [-0.2, -0.15) is 0 Å². The highest BCUT2D eigenvalue weighted by Crippen LogP contribution is 2.68. The van der Waals surface area contributed by atoms with E-state index >= 15 is 0 Å². The van der Waals surface area contributed by atoms with Crippen LogP contribution in [0.2, 0.25) is 0 Å². The minimum absolute atomic E-state index is 0. The van der Waals surface area contributed by atoms with E-state index in [0.717, 1.165) is 6.42 Å². The molecule has 0 spiro atoms. The van der Waals surface area contributed by atoms with Gasteiger partial charge in [-0.15, -0.1) is 0 Å². The fraction of sp³-hybridized carbons (Fsp3) is 0.167. The average molecular weight is 505 g/mol. The van der Waals surface area contributed by atoms with E-state index in [9.17, 15) is 4.79 Å². The SMILES string of the molecule is CCC(C)(C(=O)SCc1ccccc1)[P+](c1ccccc1)(c1ccccc1)c1ccccc1.[Cl-]. The van der Waals surface area contributed by atoms with E-state index in [4.69, 9.17) is 0 Å². The molecule has 1 atom stereocenters. The Morgan fingerprint density at radius 1 is 0.676 bits per heavy atom. The maximum absolute atomic E-state index is 14.2. The number of hydrogen-bond donors (Lipinski definition) is 0. The molecule has 174 valence electrons. The molecule has 4 rings (SSSR count). The molecule has 0 saturated heterocycles. The highest BCUT2D eigenvalue weighted by Gasteiger charge is 2.63. The molecule has 0 radical (unpaired) electrons. The van der Waals surface area contributed by atoms with Crippen molar-refractivity contribution >= 4 is 40.1 Å². The van der Waals surface area contributed by atoms with Crippen LogP contribution in [0, 0.1) is 0 Å². The van der Waals surface area contributed by atoms with Gasteiger partial charge in [-0.3, -0.25) is 4.79 Å². The van der Waals surface area contributed by atoms with Crippen molar-refractivity contribution in [3.8, 4) is 0 Å². The standard InChI is InChI=1S/C30H30OPS.ClH/c1-3-30(2,29(31)33-24-25-16-8-4-9-17-25)32(26-18-10-5-11-19-26,27-20-12-6-13-21-27)28-22-14-7-15-23-28;/h4-23H,3,24H2,1-2H3;1H/q+1;/p-1. The lowest BCUT2D eigenvalue weighted by Crippen LogP contribution is -3.00. The van der Waals surface area contributed by atoms with E-state index in [-0.39, 0.29) is 17.5 Å². The van der Waals surface area contributed by atoms with Crippen molar-refractivity contribution in [2.75, 3.05) is 0 Å². The van der Waals surface area contributed by atoms with Crippen LogP contribution < -0.4 is 28.3 Å². The lowest BCUT2D eigenvalue weighted by molar-refractivity contribution is -0.112. The normalized spacial score (nSPS) is 12.9. The predicted molar refractivity (Wildman–Crippen MR) is 147 cm³/mol. The molecule has 0 fully saturated rings. The summed E-state index contributed by atoms with van der Waals surface area (Å²) in [5, 5.41) is 3.45. The summed E-state index contributed by atoms with van der Waals surface area (Å²) in [7, 11) is -2.32. The molecule has 4 aromatic rings. The molecular weight excluding hydrogens is 475 g/mol. The monoisotopic (exact) mass is 504 g/mol. The van der Waals surface area contributed by atoms with Gasteiger partial charge in [0.25, 0.3) is 0 Å². The summed E-state index contributed by atoms with van der Waals surface area (Å²) < 4.78 is 0. The van der Waals surface area contributed by atoms with Crippen molar-refractivity contribution in [1.29, 1.82) is 0 Å². The molecule has 0 saturated carbocycles. The lowest BCUT2D eigenvalue weighted by Gasteiger charge is -2.41. The second kappa shape index (κ2) is 11.8.